The highest BCUT2D eigenvalue weighted by molar-refractivity contribution is 9.10. The number of hydrogen-bond donors (Lipinski definition) is 0. The molecule has 0 aromatic carbocycles. The Labute approximate surface area is 81.9 Å². The Morgan fingerprint density at radius 3 is 2.58 bits per heavy atom. The molecule has 0 unspecified atom stereocenters. The van der Waals surface area contributed by atoms with E-state index in [1.165, 1.54) is 6.20 Å². The molecule has 5 heteroatoms. The Morgan fingerprint density at radius 1 is 1.58 bits per heavy atom. The number of rotatable bonds is 1. The van der Waals surface area contributed by atoms with E-state index in [1.54, 1.807) is 6.92 Å². The third-order valence-corrected chi connectivity index (χ3v) is 2.75. The number of aromatic nitrogens is 1. The number of aryl methyl sites for hydroxylation is 1. The van der Waals surface area contributed by atoms with E-state index >= 15 is 0 Å². The number of halogens is 4. The Morgan fingerprint density at radius 2 is 2.17 bits per heavy atom. The standard InChI is InChI=1S/C7H5BrClF2N/c1-3-2-12-6(9)4(5(3)8)7(10)11/h2,7H,1H3. The Bertz CT molecular complexity index is 304. The Balaban J connectivity index is 3.33. The number of alkyl halides is 2. The molecule has 1 rings (SSSR count). The van der Waals surface area contributed by atoms with Gasteiger partial charge in [-0.3, -0.25) is 0 Å². The van der Waals surface area contributed by atoms with Crippen LogP contribution in [-0.4, -0.2) is 4.98 Å². The van der Waals surface area contributed by atoms with Crippen LogP contribution in [0.2, 0.25) is 5.15 Å². The highest BCUT2D eigenvalue weighted by atomic mass is 79.9. The van der Waals surface area contributed by atoms with Crippen LogP contribution < -0.4 is 0 Å². The molecule has 0 radical (unpaired) electrons. The van der Waals surface area contributed by atoms with E-state index < -0.39 is 6.43 Å². The van der Waals surface area contributed by atoms with Crippen LogP contribution in [-0.2, 0) is 0 Å². The molecule has 0 aliphatic rings. The van der Waals surface area contributed by atoms with Crippen LogP contribution in [0.3, 0.4) is 0 Å². The fourth-order valence-corrected chi connectivity index (χ4v) is 1.57. The Hall–Kier alpha value is -0.220. The predicted molar refractivity (Wildman–Crippen MR) is 46.6 cm³/mol. The average molecular weight is 256 g/mol. The summed E-state index contributed by atoms with van der Waals surface area (Å²) in [5, 5.41) is -0.150. The maximum absolute atomic E-state index is 12.3. The molecule has 1 aromatic heterocycles. The molecule has 0 fully saturated rings. The van der Waals surface area contributed by atoms with E-state index in [-0.39, 0.29) is 10.7 Å². The van der Waals surface area contributed by atoms with E-state index in [0.717, 1.165) is 0 Å². The van der Waals surface area contributed by atoms with Gasteiger partial charge in [-0.2, -0.15) is 0 Å². The van der Waals surface area contributed by atoms with Gasteiger partial charge in [0.25, 0.3) is 6.43 Å². The second-order valence-corrected chi connectivity index (χ2v) is 3.41. The average Bonchev–Trinajstić information content (AvgIpc) is 1.97. The highest BCUT2D eigenvalue weighted by Crippen LogP contribution is 2.33. The molecule has 12 heavy (non-hydrogen) atoms. The van der Waals surface area contributed by atoms with E-state index in [9.17, 15) is 8.78 Å². The monoisotopic (exact) mass is 255 g/mol. The lowest BCUT2D eigenvalue weighted by molar-refractivity contribution is 0.150. The van der Waals surface area contributed by atoms with Gasteiger partial charge in [0.15, 0.2) is 0 Å². The summed E-state index contributed by atoms with van der Waals surface area (Å²) >= 11 is 8.50. The molecular formula is C7H5BrClF2N. The summed E-state index contributed by atoms with van der Waals surface area (Å²) in [6.45, 7) is 1.68. The minimum atomic E-state index is -2.60. The summed E-state index contributed by atoms with van der Waals surface area (Å²) in [6, 6.07) is 0. The van der Waals surface area contributed by atoms with Gasteiger partial charge in [0.05, 0.1) is 5.56 Å². The number of pyridine rings is 1. The smallest absolute Gasteiger partial charge is 0.244 e. The summed E-state index contributed by atoms with van der Waals surface area (Å²) < 4.78 is 25.0. The van der Waals surface area contributed by atoms with Crippen LogP contribution in [0.5, 0.6) is 0 Å². The van der Waals surface area contributed by atoms with Crippen LogP contribution >= 0.6 is 27.5 Å². The molecule has 1 aromatic rings. The SMILES string of the molecule is Cc1cnc(Cl)c(C(F)F)c1Br. The lowest BCUT2D eigenvalue weighted by Gasteiger charge is -2.06. The molecule has 1 heterocycles. The minimum absolute atomic E-state index is 0.150. The van der Waals surface area contributed by atoms with Crippen LogP contribution in [0.25, 0.3) is 0 Å². The molecule has 0 saturated carbocycles. The lowest BCUT2D eigenvalue weighted by atomic mass is 10.2. The second-order valence-electron chi connectivity index (χ2n) is 2.26. The van der Waals surface area contributed by atoms with Gasteiger partial charge >= 0.3 is 0 Å². The van der Waals surface area contributed by atoms with Crippen molar-refractivity contribution in [3.8, 4) is 0 Å². The second kappa shape index (κ2) is 3.66. The first-order valence-electron chi connectivity index (χ1n) is 3.12. The van der Waals surface area contributed by atoms with E-state index in [2.05, 4.69) is 20.9 Å². The van der Waals surface area contributed by atoms with Crippen molar-refractivity contribution in [1.82, 2.24) is 4.98 Å². The van der Waals surface area contributed by atoms with Gasteiger partial charge in [-0.15, -0.1) is 0 Å². The van der Waals surface area contributed by atoms with Crippen LogP contribution in [0.1, 0.15) is 17.6 Å². The predicted octanol–water partition coefficient (Wildman–Crippen LogP) is 3.74. The van der Waals surface area contributed by atoms with Gasteiger partial charge in [-0.25, -0.2) is 13.8 Å². The van der Waals surface area contributed by atoms with Gasteiger partial charge in [-0.05, 0) is 28.4 Å². The van der Waals surface area contributed by atoms with Crippen molar-refractivity contribution in [2.45, 2.75) is 13.3 Å². The van der Waals surface area contributed by atoms with Gasteiger partial charge in [0, 0.05) is 10.7 Å². The summed E-state index contributed by atoms with van der Waals surface area (Å²) in [4.78, 5) is 3.62. The molecular weight excluding hydrogens is 251 g/mol. The molecule has 0 spiro atoms. The molecule has 0 aliphatic heterocycles. The third kappa shape index (κ3) is 1.75. The summed E-state index contributed by atoms with van der Waals surface area (Å²) in [6.07, 6.45) is -1.16. The minimum Gasteiger partial charge on any atom is -0.244 e. The first-order chi connectivity index (χ1) is 5.54. The normalized spacial score (nSPS) is 10.8. The fourth-order valence-electron chi connectivity index (χ4n) is 0.769. The van der Waals surface area contributed by atoms with Crippen molar-refractivity contribution in [3.63, 3.8) is 0 Å². The molecule has 0 amide bonds. The quantitative estimate of drug-likeness (QED) is 0.698. The molecule has 0 saturated heterocycles. The molecule has 1 nitrogen and oxygen atoms in total. The maximum atomic E-state index is 12.3. The summed E-state index contributed by atoms with van der Waals surface area (Å²) in [5.41, 5.74) is 0.409. The van der Waals surface area contributed by atoms with Crippen molar-refractivity contribution in [2.24, 2.45) is 0 Å². The molecule has 0 aliphatic carbocycles. The van der Waals surface area contributed by atoms with Crippen molar-refractivity contribution in [3.05, 3.63) is 26.9 Å². The van der Waals surface area contributed by atoms with Gasteiger partial charge in [0.1, 0.15) is 5.15 Å². The van der Waals surface area contributed by atoms with Crippen LogP contribution in [0.4, 0.5) is 8.78 Å². The van der Waals surface area contributed by atoms with E-state index in [1.807, 2.05) is 0 Å². The van der Waals surface area contributed by atoms with Crippen molar-refractivity contribution >= 4 is 27.5 Å². The topological polar surface area (TPSA) is 12.9 Å². The zero-order chi connectivity index (χ0) is 9.30. The number of hydrogen-bond acceptors (Lipinski definition) is 1. The van der Waals surface area contributed by atoms with Crippen LogP contribution in [0.15, 0.2) is 10.7 Å². The zero-order valence-corrected chi connectivity index (χ0v) is 8.46. The van der Waals surface area contributed by atoms with Crippen molar-refractivity contribution in [2.75, 3.05) is 0 Å². The van der Waals surface area contributed by atoms with E-state index in [4.69, 9.17) is 11.6 Å². The Kier molecular flexibility index (Phi) is 3.01. The summed E-state index contributed by atoms with van der Waals surface area (Å²) in [5.74, 6) is 0. The van der Waals surface area contributed by atoms with Gasteiger partial charge < -0.3 is 0 Å². The first-order valence-corrected chi connectivity index (χ1v) is 4.29. The molecule has 66 valence electrons. The fraction of sp³-hybridized carbons (Fsp3) is 0.286. The zero-order valence-electron chi connectivity index (χ0n) is 6.11. The first kappa shape index (κ1) is 9.86. The third-order valence-electron chi connectivity index (χ3n) is 1.39. The van der Waals surface area contributed by atoms with Crippen molar-refractivity contribution in [1.29, 1.82) is 0 Å². The van der Waals surface area contributed by atoms with Gasteiger partial charge in [0.2, 0.25) is 0 Å². The van der Waals surface area contributed by atoms with Crippen LogP contribution in [0, 0.1) is 6.92 Å². The lowest BCUT2D eigenvalue weighted by Crippen LogP contribution is -1.93. The molecule has 0 N–H and O–H groups in total. The highest BCUT2D eigenvalue weighted by Gasteiger charge is 2.18. The molecule has 0 bridgehead atoms. The largest absolute Gasteiger partial charge is 0.267 e. The number of nitrogens with zero attached hydrogens (tertiary/aromatic N) is 1. The maximum Gasteiger partial charge on any atom is 0.267 e. The van der Waals surface area contributed by atoms with E-state index in [0.29, 0.717) is 10.0 Å². The van der Waals surface area contributed by atoms with Crippen molar-refractivity contribution < 1.29 is 8.78 Å². The van der Waals surface area contributed by atoms with Gasteiger partial charge in [-0.1, -0.05) is 11.6 Å². The molecule has 0 atom stereocenters. The summed E-state index contributed by atoms with van der Waals surface area (Å²) in [7, 11) is 0.